The van der Waals surface area contributed by atoms with Crippen molar-refractivity contribution in [1.29, 1.82) is 0 Å². The molecular formula is C13H12Br2FNS. The lowest BCUT2D eigenvalue weighted by atomic mass is 10.0. The average molecular weight is 393 g/mol. The molecule has 1 atom stereocenters. The second-order valence-corrected chi connectivity index (χ2v) is 7.21. The SMILES string of the molecule is CNC(Cc1cc(F)cc(Br)c1)c1csc(Br)c1. The third kappa shape index (κ3) is 3.63. The van der Waals surface area contributed by atoms with Crippen LogP contribution in [0.4, 0.5) is 4.39 Å². The van der Waals surface area contributed by atoms with Crippen LogP contribution in [0.2, 0.25) is 0 Å². The molecule has 0 amide bonds. The Labute approximate surface area is 127 Å². The van der Waals surface area contributed by atoms with Crippen LogP contribution in [0.15, 0.2) is 37.9 Å². The zero-order chi connectivity index (χ0) is 13.1. The Morgan fingerprint density at radius 2 is 2.06 bits per heavy atom. The van der Waals surface area contributed by atoms with Crippen LogP contribution in [0, 0.1) is 5.82 Å². The van der Waals surface area contributed by atoms with E-state index in [2.05, 4.69) is 48.6 Å². The zero-order valence-corrected chi connectivity index (χ0v) is 13.7. The number of hydrogen-bond donors (Lipinski definition) is 1. The highest BCUT2D eigenvalue weighted by Crippen LogP contribution is 2.28. The van der Waals surface area contributed by atoms with E-state index in [1.165, 1.54) is 11.6 Å². The van der Waals surface area contributed by atoms with Crippen molar-refractivity contribution in [3.63, 3.8) is 0 Å². The number of benzene rings is 1. The minimum absolute atomic E-state index is 0.196. The van der Waals surface area contributed by atoms with E-state index in [-0.39, 0.29) is 11.9 Å². The summed E-state index contributed by atoms with van der Waals surface area (Å²) in [7, 11) is 1.92. The second kappa shape index (κ2) is 6.28. The van der Waals surface area contributed by atoms with Crippen molar-refractivity contribution in [1.82, 2.24) is 5.32 Å². The molecule has 1 N–H and O–H groups in total. The van der Waals surface area contributed by atoms with Gasteiger partial charge in [-0.1, -0.05) is 15.9 Å². The summed E-state index contributed by atoms with van der Waals surface area (Å²) in [5.74, 6) is -0.208. The number of hydrogen-bond acceptors (Lipinski definition) is 2. The van der Waals surface area contributed by atoms with Gasteiger partial charge in [0.05, 0.1) is 3.79 Å². The van der Waals surface area contributed by atoms with E-state index in [0.29, 0.717) is 0 Å². The van der Waals surface area contributed by atoms with Gasteiger partial charge >= 0.3 is 0 Å². The van der Waals surface area contributed by atoms with Gasteiger partial charge in [-0.15, -0.1) is 11.3 Å². The number of thiophene rings is 1. The normalized spacial score (nSPS) is 12.7. The van der Waals surface area contributed by atoms with E-state index in [4.69, 9.17) is 0 Å². The number of nitrogens with one attached hydrogen (secondary N) is 1. The Bertz CT molecular complexity index is 521. The average Bonchev–Trinajstić information content (AvgIpc) is 2.71. The highest BCUT2D eigenvalue weighted by atomic mass is 79.9. The Morgan fingerprint density at radius 3 is 2.61 bits per heavy atom. The fourth-order valence-corrected chi connectivity index (χ4v) is 3.60. The molecule has 1 heterocycles. The van der Waals surface area contributed by atoms with Crippen LogP contribution < -0.4 is 5.32 Å². The molecule has 0 aliphatic rings. The van der Waals surface area contributed by atoms with Gasteiger partial charge in [0.1, 0.15) is 5.82 Å². The minimum atomic E-state index is -0.208. The maximum Gasteiger partial charge on any atom is 0.124 e. The molecule has 1 aromatic heterocycles. The van der Waals surface area contributed by atoms with E-state index < -0.39 is 0 Å². The number of likely N-dealkylation sites (N-methyl/N-ethyl adjacent to an activating group) is 1. The molecule has 0 aliphatic heterocycles. The number of halogens is 3. The quantitative estimate of drug-likeness (QED) is 0.778. The van der Waals surface area contributed by atoms with Crippen molar-refractivity contribution < 1.29 is 4.39 Å². The van der Waals surface area contributed by atoms with E-state index in [9.17, 15) is 4.39 Å². The van der Waals surface area contributed by atoms with E-state index in [0.717, 1.165) is 20.2 Å². The van der Waals surface area contributed by atoms with Crippen molar-refractivity contribution in [2.75, 3.05) is 7.05 Å². The molecule has 1 aromatic carbocycles. The maximum atomic E-state index is 13.3. The third-order valence-electron chi connectivity index (χ3n) is 2.70. The van der Waals surface area contributed by atoms with Crippen LogP contribution >= 0.6 is 43.2 Å². The number of rotatable bonds is 4. The Morgan fingerprint density at radius 1 is 1.28 bits per heavy atom. The summed E-state index contributed by atoms with van der Waals surface area (Å²) in [4.78, 5) is 0. The van der Waals surface area contributed by atoms with Crippen molar-refractivity contribution in [3.8, 4) is 0 Å². The zero-order valence-electron chi connectivity index (χ0n) is 9.71. The third-order valence-corrected chi connectivity index (χ3v) is 4.68. The first-order valence-electron chi connectivity index (χ1n) is 5.44. The highest BCUT2D eigenvalue weighted by molar-refractivity contribution is 9.11. The lowest BCUT2D eigenvalue weighted by molar-refractivity contribution is 0.585. The van der Waals surface area contributed by atoms with Crippen molar-refractivity contribution in [2.24, 2.45) is 0 Å². The molecule has 1 unspecified atom stereocenters. The molecule has 1 nitrogen and oxygen atoms in total. The Balaban J connectivity index is 2.20. The summed E-state index contributed by atoms with van der Waals surface area (Å²) in [5, 5.41) is 5.38. The van der Waals surface area contributed by atoms with Gasteiger partial charge in [0.25, 0.3) is 0 Å². The lowest BCUT2D eigenvalue weighted by Gasteiger charge is -2.15. The van der Waals surface area contributed by atoms with Gasteiger partial charge in [-0.2, -0.15) is 0 Å². The molecule has 0 saturated heterocycles. The summed E-state index contributed by atoms with van der Waals surface area (Å²) < 4.78 is 15.2. The molecule has 0 aliphatic carbocycles. The molecule has 18 heavy (non-hydrogen) atoms. The van der Waals surface area contributed by atoms with Gasteiger partial charge in [0, 0.05) is 10.5 Å². The van der Waals surface area contributed by atoms with Crippen molar-refractivity contribution in [3.05, 3.63) is 54.8 Å². The van der Waals surface area contributed by atoms with E-state index >= 15 is 0 Å². The van der Waals surface area contributed by atoms with Crippen LogP contribution in [-0.2, 0) is 6.42 Å². The van der Waals surface area contributed by atoms with Gasteiger partial charge in [0.2, 0.25) is 0 Å². The van der Waals surface area contributed by atoms with Crippen LogP contribution in [0.5, 0.6) is 0 Å². The van der Waals surface area contributed by atoms with Crippen LogP contribution in [0.25, 0.3) is 0 Å². The molecule has 0 spiro atoms. The highest BCUT2D eigenvalue weighted by Gasteiger charge is 2.12. The first-order valence-corrected chi connectivity index (χ1v) is 7.91. The van der Waals surface area contributed by atoms with Crippen LogP contribution in [-0.4, -0.2) is 7.05 Å². The molecule has 0 saturated carbocycles. The molecule has 0 radical (unpaired) electrons. The molecule has 0 bridgehead atoms. The summed E-state index contributed by atoms with van der Waals surface area (Å²) in [6, 6.07) is 7.30. The maximum absolute atomic E-state index is 13.3. The van der Waals surface area contributed by atoms with Gasteiger partial charge in [-0.05, 0) is 70.2 Å². The summed E-state index contributed by atoms with van der Waals surface area (Å²) in [6.45, 7) is 0. The van der Waals surface area contributed by atoms with Gasteiger partial charge in [0.15, 0.2) is 0 Å². The minimum Gasteiger partial charge on any atom is -0.313 e. The predicted octanol–water partition coefficient (Wildman–Crippen LogP) is 4.92. The Hall–Kier alpha value is -0.230. The standard InChI is InChI=1S/C13H12Br2FNS/c1-17-12(9-5-13(15)18-7-9)4-8-2-10(14)6-11(16)3-8/h2-3,5-7,12,17H,4H2,1H3. The predicted molar refractivity (Wildman–Crippen MR) is 81.6 cm³/mol. The lowest BCUT2D eigenvalue weighted by Crippen LogP contribution is -2.18. The smallest absolute Gasteiger partial charge is 0.124 e. The second-order valence-electron chi connectivity index (χ2n) is 4.01. The summed E-state index contributed by atoms with van der Waals surface area (Å²) in [6.07, 6.45) is 0.760. The summed E-state index contributed by atoms with van der Waals surface area (Å²) in [5.41, 5.74) is 2.19. The molecule has 0 fully saturated rings. The molecule has 2 aromatic rings. The van der Waals surface area contributed by atoms with Crippen molar-refractivity contribution >= 4 is 43.2 Å². The van der Waals surface area contributed by atoms with Crippen molar-refractivity contribution in [2.45, 2.75) is 12.5 Å². The molecule has 2 rings (SSSR count). The van der Waals surface area contributed by atoms with Crippen LogP contribution in [0.1, 0.15) is 17.2 Å². The van der Waals surface area contributed by atoms with E-state index in [1.54, 1.807) is 17.4 Å². The monoisotopic (exact) mass is 391 g/mol. The van der Waals surface area contributed by atoms with Gasteiger partial charge in [-0.3, -0.25) is 0 Å². The molecular weight excluding hydrogens is 381 g/mol. The Kier molecular flexibility index (Phi) is 4.95. The molecule has 96 valence electrons. The molecule has 5 heteroatoms. The fourth-order valence-electron chi connectivity index (χ4n) is 1.86. The van der Waals surface area contributed by atoms with Crippen LogP contribution in [0.3, 0.4) is 0 Å². The summed E-state index contributed by atoms with van der Waals surface area (Å²) >= 11 is 8.44. The van der Waals surface area contributed by atoms with E-state index in [1.807, 2.05) is 13.1 Å². The first kappa shape index (κ1) is 14.2. The van der Waals surface area contributed by atoms with Gasteiger partial charge < -0.3 is 5.32 Å². The largest absolute Gasteiger partial charge is 0.313 e. The van der Waals surface area contributed by atoms with Gasteiger partial charge in [-0.25, -0.2) is 4.39 Å². The fraction of sp³-hybridized carbons (Fsp3) is 0.231. The first-order chi connectivity index (χ1) is 8.58. The topological polar surface area (TPSA) is 12.0 Å².